The minimum atomic E-state index is -1.25. The first-order valence-corrected chi connectivity index (χ1v) is 5.09. The molecule has 0 aromatic heterocycles. The van der Waals surface area contributed by atoms with Gasteiger partial charge in [-0.05, 0) is 12.1 Å². The van der Waals surface area contributed by atoms with E-state index >= 15 is 0 Å². The summed E-state index contributed by atoms with van der Waals surface area (Å²) in [5, 5.41) is 10.8. The molecule has 0 radical (unpaired) electrons. The summed E-state index contributed by atoms with van der Waals surface area (Å²) >= 11 is 0. The van der Waals surface area contributed by atoms with E-state index in [1.54, 1.807) is 0 Å². The molecule has 0 heterocycles. The summed E-state index contributed by atoms with van der Waals surface area (Å²) in [5.74, 6) is -0.865. The number of carboxylic acid groups (broad SMARTS) is 1. The summed E-state index contributed by atoms with van der Waals surface area (Å²) in [5.41, 5.74) is -0.130. The van der Waals surface area contributed by atoms with Crippen molar-refractivity contribution in [1.82, 2.24) is 4.90 Å². The number of carbonyl (C=O) groups is 2. The Morgan fingerprint density at radius 2 is 1.89 bits per heavy atom. The fraction of sp³-hybridized carbons (Fsp3) is 0.167. The van der Waals surface area contributed by atoms with Crippen LogP contribution in [0.4, 0.5) is 19.3 Å². The zero-order valence-corrected chi connectivity index (χ0v) is 9.69. The van der Waals surface area contributed by atoms with Crippen molar-refractivity contribution < 1.29 is 23.5 Å². The summed E-state index contributed by atoms with van der Waals surface area (Å²) < 4.78 is 25.8. The lowest BCUT2D eigenvalue weighted by Gasteiger charge is -2.18. The lowest BCUT2D eigenvalue weighted by Crippen LogP contribution is -2.39. The van der Waals surface area contributed by atoms with Crippen LogP contribution in [0.3, 0.4) is 0 Å². The highest BCUT2D eigenvalue weighted by molar-refractivity contribution is 5.91. The number of rotatable bonds is 4. The number of urea groups is 1. The maximum Gasteiger partial charge on any atom is 0.323 e. The van der Waals surface area contributed by atoms with Crippen molar-refractivity contribution in [3.8, 4) is 12.3 Å². The third kappa shape index (κ3) is 4.63. The van der Waals surface area contributed by atoms with Crippen LogP contribution in [0.15, 0.2) is 18.2 Å². The average molecular weight is 268 g/mol. The number of carboxylic acids is 1. The van der Waals surface area contributed by atoms with Gasteiger partial charge in [0.15, 0.2) is 0 Å². The molecule has 0 bridgehead atoms. The molecule has 5 nitrogen and oxygen atoms in total. The summed E-state index contributed by atoms with van der Waals surface area (Å²) in [4.78, 5) is 23.0. The zero-order chi connectivity index (χ0) is 14.4. The van der Waals surface area contributed by atoms with Crippen molar-refractivity contribution in [3.63, 3.8) is 0 Å². The van der Waals surface area contributed by atoms with Crippen LogP contribution < -0.4 is 5.32 Å². The SMILES string of the molecule is C#CCN(CC(=O)O)C(=O)Nc1cc(F)cc(F)c1. The third-order valence-corrected chi connectivity index (χ3v) is 2.01. The van der Waals surface area contributed by atoms with Gasteiger partial charge in [-0.2, -0.15) is 0 Å². The number of nitrogens with zero attached hydrogens (tertiary/aromatic N) is 1. The van der Waals surface area contributed by atoms with E-state index in [0.29, 0.717) is 6.07 Å². The Hall–Kier alpha value is -2.62. The standard InChI is InChI=1S/C12H10F2N2O3/c1-2-3-16(7-11(17)18)12(19)15-10-5-8(13)4-9(14)6-10/h1,4-6H,3,7H2,(H,15,19)(H,17,18). The van der Waals surface area contributed by atoms with Gasteiger partial charge in [0.25, 0.3) is 0 Å². The number of anilines is 1. The highest BCUT2D eigenvalue weighted by Gasteiger charge is 2.16. The summed E-state index contributed by atoms with van der Waals surface area (Å²) in [6, 6.07) is 1.59. The Kier molecular flexibility index (Phi) is 4.83. The molecule has 1 aromatic rings. The maximum absolute atomic E-state index is 12.9. The number of hydrogen-bond donors (Lipinski definition) is 2. The van der Waals surface area contributed by atoms with Crippen LogP contribution in [0.5, 0.6) is 0 Å². The molecule has 1 aromatic carbocycles. The molecule has 2 N–H and O–H groups in total. The van der Waals surface area contributed by atoms with Crippen LogP contribution in [-0.2, 0) is 4.79 Å². The smallest absolute Gasteiger partial charge is 0.323 e. The van der Waals surface area contributed by atoms with Crippen molar-refractivity contribution in [2.24, 2.45) is 0 Å². The highest BCUT2D eigenvalue weighted by Crippen LogP contribution is 2.13. The molecule has 0 aliphatic heterocycles. The van der Waals surface area contributed by atoms with E-state index in [1.807, 2.05) is 0 Å². The molecule has 100 valence electrons. The van der Waals surface area contributed by atoms with Crippen molar-refractivity contribution in [2.75, 3.05) is 18.4 Å². The fourth-order valence-corrected chi connectivity index (χ4v) is 1.30. The van der Waals surface area contributed by atoms with Gasteiger partial charge in [0.2, 0.25) is 0 Å². The van der Waals surface area contributed by atoms with Gasteiger partial charge in [0.05, 0.1) is 6.54 Å². The second-order valence-electron chi connectivity index (χ2n) is 3.54. The number of terminal acetylenes is 1. The number of benzene rings is 1. The van der Waals surface area contributed by atoms with Gasteiger partial charge in [0, 0.05) is 11.8 Å². The van der Waals surface area contributed by atoms with Gasteiger partial charge in [-0.3, -0.25) is 4.79 Å². The van der Waals surface area contributed by atoms with Gasteiger partial charge >= 0.3 is 12.0 Å². The topological polar surface area (TPSA) is 69.6 Å². The van der Waals surface area contributed by atoms with Crippen molar-refractivity contribution in [3.05, 3.63) is 29.8 Å². The third-order valence-electron chi connectivity index (χ3n) is 2.01. The number of hydrogen-bond acceptors (Lipinski definition) is 2. The zero-order valence-electron chi connectivity index (χ0n) is 9.69. The van der Waals surface area contributed by atoms with Crippen LogP contribution >= 0.6 is 0 Å². The molecular formula is C12H10F2N2O3. The Balaban J connectivity index is 2.81. The highest BCUT2D eigenvalue weighted by atomic mass is 19.1. The molecule has 0 aliphatic rings. The van der Waals surface area contributed by atoms with Gasteiger partial charge in [0.1, 0.15) is 18.2 Å². The summed E-state index contributed by atoms with van der Waals surface area (Å²) in [6.07, 6.45) is 5.00. The number of nitrogens with one attached hydrogen (secondary N) is 1. The first-order valence-electron chi connectivity index (χ1n) is 5.09. The second kappa shape index (κ2) is 6.35. The molecular weight excluding hydrogens is 258 g/mol. The Labute approximate surface area is 107 Å². The lowest BCUT2D eigenvalue weighted by molar-refractivity contribution is -0.137. The normalized spacial score (nSPS) is 9.53. The van der Waals surface area contributed by atoms with Crippen LogP contribution in [0, 0.1) is 24.0 Å². The van der Waals surface area contributed by atoms with Gasteiger partial charge in [-0.1, -0.05) is 5.92 Å². The average Bonchev–Trinajstić information content (AvgIpc) is 2.26. The molecule has 0 spiro atoms. The molecule has 0 aliphatic carbocycles. The molecule has 0 saturated carbocycles. The predicted octanol–water partition coefficient (Wildman–Crippen LogP) is 1.52. The summed E-state index contributed by atoms with van der Waals surface area (Å²) in [6.45, 7) is -0.857. The van der Waals surface area contributed by atoms with Gasteiger partial charge < -0.3 is 15.3 Å². The van der Waals surface area contributed by atoms with Crippen molar-refractivity contribution in [1.29, 1.82) is 0 Å². The largest absolute Gasteiger partial charge is 0.480 e. The van der Waals surface area contributed by atoms with E-state index in [2.05, 4.69) is 11.2 Å². The fourth-order valence-electron chi connectivity index (χ4n) is 1.30. The van der Waals surface area contributed by atoms with Crippen LogP contribution in [0.2, 0.25) is 0 Å². The number of aliphatic carboxylic acids is 1. The lowest BCUT2D eigenvalue weighted by atomic mass is 10.3. The second-order valence-corrected chi connectivity index (χ2v) is 3.54. The van der Waals surface area contributed by atoms with E-state index in [1.165, 1.54) is 0 Å². The number of halogens is 2. The molecule has 0 saturated heterocycles. The van der Waals surface area contributed by atoms with Crippen LogP contribution in [0.1, 0.15) is 0 Å². The minimum absolute atomic E-state index is 0.130. The van der Waals surface area contributed by atoms with E-state index in [9.17, 15) is 18.4 Å². The van der Waals surface area contributed by atoms with Gasteiger partial charge in [-0.15, -0.1) is 6.42 Å². The van der Waals surface area contributed by atoms with E-state index in [4.69, 9.17) is 11.5 Å². The van der Waals surface area contributed by atoms with Crippen LogP contribution in [0.25, 0.3) is 0 Å². The maximum atomic E-state index is 12.9. The van der Waals surface area contributed by atoms with Crippen LogP contribution in [-0.4, -0.2) is 35.1 Å². The molecule has 0 unspecified atom stereocenters. The quantitative estimate of drug-likeness (QED) is 0.813. The molecule has 2 amide bonds. The molecule has 0 fully saturated rings. The Morgan fingerprint density at radius 1 is 1.32 bits per heavy atom. The summed E-state index contributed by atoms with van der Waals surface area (Å²) in [7, 11) is 0. The first-order chi connectivity index (χ1) is 8.92. The van der Waals surface area contributed by atoms with Crippen molar-refractivity contribution in [2.45, 2.75) is 0 Å². The minimum Gasteiger partial charge on any atom is -0.480 e. The first kappa shape index (κ1) is 14.4. The van der Waals surface area contributed by atoms with E-state index in [-0.39, 0.29) is 12.2 Å². The van der Waals surface area contributed by atoms with Crippen molar-refractivity contribution >= 4 is 17.7 Å². The molecule has 7 heteroatoms. The number of carbonyl (C=O) groups excluding carboxylic acids is 1. The van der Waals surface area contributed by atoms with E-state index < -0.39 is 30.2 Å². The molecule has 1 rings (SSSR count). The van der Waals surface area contributed by atoms with E-state index in [0.717, 1.165) is 17.0 Å². The van der Waals surface area contributed by atoms with Gasteiger partial charge in [-0.25, -0.2) is 13.6 Å². The molecule has 19 heavy (non-hydrogen) atoms. The Bertz CT molecular complexity index is 520. The Morgan fingerprint density at radius 3 is 2.37 bits per heavy atom. The monoisotopic (exact) mass is 268 g/mol. The molecule has 0 atom stereocenters. The predicted molar refractivity (Wildman–Crippen MR) is 63.4 cm³/mol. The number of amides is 2.